The highest BCUT2D eigenvalue weighted by molar-refractivity contribution is 5.92. The van der Waals surface area contributed by atoms with Gasteiger partial charge in [-0.1, -0.05) is 0 Å². The van der Waals surface area contributed by atoms with Crippen molar-refractivity contribution in [1.29, 1.82) is 0 Å². The number of amides is 2. The molecule has 0 aliphatic carbocycles. The maximum absolute atomic E-state index is 14.1. The average molecular weight is 457 g/mol. The molecule has 1 aliphatic heterocycles. The normalized spacial score (nSPS) is 14.8. The third-order valence-electron chi connectivity index (χ3n) is 4.92. The van der Waals surface area contributed by atoms with E-state index in [0.717, 1.165) is 0 Å². The second-order valence-corrected chi connectivity index (χ2v) is 8.78. The number of aromatic nitrogens is 1. The summed E-state index contributed by atoms with van der Waals surface area (Å²) in [5, 5.41) is 2.85. The van der Waals surface area contributed by atoms with E-state index in [2.05, 4.69) is 10.3 Å². The number of hydrogen-bond acceptors (Lipinski definition) is 6. The molecule has 9 heteroatoms. The number of alkyl carbamates (subject to hydrolysis) is 1. The highest BCUT2D eigenvalue weighted by atomic mass is 19.1. The highest BCUT2D eigenvalue weighted by Gasteiger charge is 2.25. The van der Waals surface area contributed by atoms with Gasteiger partial charge in [0.15, 0.2) is 11.6 Å². The summed E-state index contributed by atoms with van der Waals surface area (Å²) in [6.45, 7) is 6.45. The van der Waals surface area contributed by atoms with Gasteiger partial charge in [0, 0.05) is 54.9 Å². The Labute approximate surface area is 192 Å². The zero-order chi connectivity index (χ0) is 24.0. The number of hydrogen-bond donors (Lipinski definition) is 2. The van der Waals surface area contributed by atoms with Crippen LogP contribution in [0.2, 0.25) is 0 Å². The number of nitrogens with one attached hydrogen (secondary N) is 1. The molecule has 0 saturated carbocycles. The second kappa shape index (κ2) is 10.3. The summed E-state index contributed by atoms with van der Waals surface area (Å²) in [5.41, 5.74) is 5.85. The molecule has 1 aromatic carbocycles. The van der Waals surface area contributed by atoms with Crippen molar-refractivity contribution in [3.8, 4) is 11.5 Å². The Kier molecular flexibility index (Phi) is 7.52. The SMILES string of the molecule is CC(C)(C)OC(=O)NC1CCN(C(=O)C=Cc2cnccc2Oc2ccc(N)cc2F)CC1. The molecule has 0 spiro atoms. The van der Waals surface area contributed by atoms with Crippen LogP contribution in [-0.2, 0) is 9.53 Å². The number of halogens is 1. The lowest BCUT2D eigenvalue weighted by Crippen LogP contribution is -2.47. The van der Waals surface area contributed by atoms with Crippen LogP contribution in [0.1, 0.15) is 39.2 Å². The molecule has 0 unspecified atom stereocenters. The lowest BCUT2D eigenvalue weighted by atomic mass is 10.1. The van der Waals surface area contributed by atoms with Crippen molar-refractivity contribution in [2.24, 2.45) is 0 Å². The van der Waals surface area contributed by atoms with Crippen LogP contribution in [0.25, 0.3) is 6.08 Å². The molecule has 33 heavy (non-hydrogen) atoms. The van der Waals surface area contributed by atoms with Gasteiger partial charge in [-0.05, 0) is 57.9 Å². The molecule has 1 aromatic heterocycles. The van der Waals surface area contributed by atoms with Gasteiger partial charge < -0.3 is 25.4 Å². The summed E-state index contributed by atoms with van der Waals surface area (Å²) >= 11 is 0. The van der Waals surface area contributed by atoms with Gasteiger partial charge in [0.05, 0.1) is 0 Å². The standard InChI is InChI=1S/C24H29FN4O4/c1-24(2,3)33-23(31)28-18-9-12-29(13-10-18)22(30)7-4-16-15-27-11-8-20(16)32-21-6-5-17(26)14-19(21)25/h4-8,11,14-15,18H,9-10,12-13,26H2,1-3H3,(H,28,31). The minimum Gasteiger partial charge on any atom is -0.454 e. The van der Waals surface area contributed by atoms with Crippen LogP contribution in [0.3, 0.4) is 0 Å². The molecule has 2 heterocycles. The number of pyridine rings is 1. The number of piperidine rings is 1. The molecule has 8 nitrogen and oxygen atoms in total. The molecule has 3 N–H and O–H groups in total. The fourth-order valence-electron chi connectivity index (χ4n) is 3.32. The van der Waals surface area contributed by atoms with Crippen molar-refractivity contribution >= 4 is 23.8 Å². The first-order valence-corrected chi connectivity index (χ1v) is 10.7. The van der Waals surface area contributed by atoms with Crippen molar-refractivity contribution in [3.05, 3.63) is 54.1 Å². The predicted molar refractivity (Wildman–Crippen MR) is 123 cm³/mol. The van der Waals surface area contributed by atoms with Crippen LogP contribution in [0.5, 0.6) is 11.5 Å². The molecule has 0 radical (unpaired) electrons. The molecule has 0 atom stereocenters. The van der Waals surface area contributed by atoms with Crippen LogP contribution in [0.15, 0.2) is 42.7 Å². The Hall–Kier alpha value is -3.62. The largest absolute Gasteiger partial charge is 0.454 e. The van der Waals surface area contributed by atoms with E-state index in [4.69, 9.17) is 15.2 Å². The average Bonchev–Trinajstić information content (AvgIpc) is 2.74. The van der Waals surface area contributed by atoms with Gasteiger partial charge in [0.25, 0.3) is 0 Å². The minimum absolute atomic E-state index is 0.0240. The molecule has 0 bridgehead atoms. The number of carbonyl (C=O) groups excluding carboxylic acids is 2. The van der Waals surface area contributed by atoms with E-state index in [0.29, 0.717) is 42.9 Å². The van der Waals surface area contributed by atoms with Crippen LogP contribution in [0.4, 0.5) is 14.9 Å². The topological polar surface area (TPSA) is 107 Å². The van der Waals surface area contributed by atoms with Crippen molar-refractivity contribution in [1.82, 2.24) is 15.2 Å². The zero-order valence-corrected chi connectivity index (χ0v) is 19.0. The molecule has 2 amide bonds. The van der Waals surface area contributed by atoms with Gasteiger partial charge in [-0.25, -0.2) is 9.18 Å². The Balaban J connectivity index is 1.57. The van der Waals surface area contributed by atoms with E-state index < -0.39 is 17.5 Å². The molecular weight excluding hydrogens is 427 g/mol. The molecule has 176 valence electrons. The van der Waals surface area contributed by atoms with E-state index in [1.807, 2.05) is 20.8 Å². The molecule has 3 rings (SSSR count). The fourth-order valence-corrected chi connectivity index (χ4v) is 3.32. The fraction of sp³-hybridized carbons (Fsp3) is 0.375. The monoisotopic (exact) mass is 456 g/mol. The lowest BCUT2D eigenvalue weighted by Gasteiger charge is -2.32. The summed E-state index contributed by atoms with van der Waals surface area (Å²) in [5.74, 6) is -0.367. The number of ether oxygens (including phenoxy) is 2. The first-order valence-electron chi connectivity index (χ1n) is 10.7. The number of carbonyl (C=O) groups is 2. The number of anilines is 1. The third kappa shape index (κ3) is 7.20. The Morgan fingerprint density at radius 3 is 2.61 bits per heavy atom. The number of rotatable bonds is 5. The maximum atomic E-state index is 14.1. The predicted octanol–water partition coefficient (Wildman–Crippen LogP) is 4.12. The number of benzene rings is 1. The van der Waals surface area contributed by atoms with Gasteiger partial charge in [-0.15, -0.1) is 0 Å². The Morgan fingerprint density at radius 2 is 1.94 bits per heavy atom. The van der Waals surface area contributed by atoms with Crippen LogP contribution in [0, 0.1) is 5.82 Å². The molecule has 1 saturated heterocycles. The van der Waals surface area contributed by atoms with Crippen molar-refractivity contribution < 1.29 is 23.5 Å². The smallest absolute Gasteiger partial charge is 0.407 e. The summed E-state index contributed by atoms with van der Waals surface area (Å²) < 4.78 is 25.0. The van der Waals surface area contributed by atoms with Crippen LogP contribution < -0.4 is 15.8 Å². The Morgan fingerprint density at radius 1 is 1.21 bits per heavy atom. The van der Waals surface area contributed by atoms with Crippen LogP contribution >= 0.6 is 0 Å². The number of likely N-dealkylation sites (tertiary alicyclic amines) is 1. The quantitative estimate of drug-likeness (QED) is 0.518. The lowest BCUT2D eigenvalue weighted by molar-refractivity contribution is -0.127. The second-order valence-electron chi connectivity index (χ2n) is 8.78. The van der Waals surface area contributed by atoms with Crippen molar-refractivity contribution in [2.45, 2.75) is 45.3 Å². The van der Waals surface area contributed by atoms with E-state index in [1.165, 1.54) is 30.6 Å². The summed E-state index contributed by atoms with van der Waals surface area (Å²) in [7, 11) is 0. The first-order chi connectivity index (χ1) is 15.6. The van der Waals surface area contributed by atoms with Gasteiger partial charge >= 0.3 is 6.09 Å². The molecule has 2 aromatic rings. The molecule has 1 aliphatic rings. The van der Waals surface area contributed by atoms with Gasteiger partial charge in [-0.2, -0.15) is 0 Å². The number of nitrogens with zero attached hydrogens (tertiary/aromatic N) is 2. The third-order valence-corrected chi connectivity index (χ3v) is 4.92. The number of nitrogens with two attached hydrogens (primary N) is 1. The van der Waals surface area contributed by atoms with Crippen molar-refractivity contribution in [2.75, 3.05) is 18.8 Å². The van der Waals surface area contributed by atoms with E-state index >= 15 is 0 Å². The summed E-state index contributed by atoms with van der Waals surface area (Å²) in [6.07, 6.45) is 6.90. The zero-order valence-electron chi connectivity index (χ0n) is 19.0. The summed E-state index contributed by atoms with van der Waals surface area (Å²) in [6, 6.07) is 5.71. The van der Waals surface area contributed by atoms with E-state index in [1.54, 1.807) is 23.1 Å². The van der Waals surface area contributed by atoms with E-state index in [-0.39, 0.29) is 17.7 Å². The molecule has 1 fully saturated rings. The van der Waals surface area contributed by atoms with Gasteiger partial charge in [0.2, 0.25) is 5.91 Å². The minimum atomic E-state index is -0.583. The van der Waals surface area contributed by atoms with Gasteiger partial charge in [0.1, 0.15) is 11.4 Å². The summed E-state index contributed by atoms with van der Waals surface area (Å²) in [4.78, 5) is 30.3. The molecular formula is C24H29FN4O4. The van der Waals surface area contributed by atoms with E-state index in [9.17, 15) is 14.0 Å². The van der Waals surface area contributed by atoms with Crippen molar-refractivity contribution in [3.63, 3.8) is 0 Å². The van der Waals surface area contributed by atoms with Crippen LogP contribution in [-0.4, -0.2) is 46.6 Å². The number of nitrogen functional groups attached to an aromatic ring is 1. The first kappa shape index (κ1) is 24.0. The van der Waals surface area contributed by atoms with Gasteiger partial charge in [-0.3, -0.25) is 9.78 Å². The maximum Gasteiger partial charge on any atom is 0.407 e. The highest BCUT2D eigenvalue weighted by Crippen LogP contribution is 2.28. The Bertz CT molecular complexity index is 1030.